The summed E-state index contributed by atoms with van der Waals surface area (Å²) in [6, 6.07) is 17.0. The third kappa shape index (κ3) is 3.45. The van der Waals surface area contributed by atoms with Gasteiger partial charge >= 0.3 is 0 Å². The third-order valence-corrected chi connectivity index (χ3v) is 4.97. The number of benzene rings is 2. The van der Waals surface area contributed by atoms with Crippen LogP contribution in [0.15, 0.2) is 72.0 Å². The monoisotopic (exact) mass is 397 g/mol. The van der Waals surface area contributed by atoms with Gasteiger partial charge in [0.1, 0.15) is 11.5 Å². The lowest BCUT2D eigenvalue weighted by Gasteiger charge is -2.20. The molecule has 0 saturated heterocycles. The largest absolute Gasteiger partial charge is 0.301 e. The van der Waals surface area contributed by atoms with E-state index in [0.717, 1.165) is 11.9 Å². The van der Waals surface area contributed by atoms with Gasteiger partial charge in [0.05, 0.1) is 17.1 Å². The van der Waals surface area contributed by atoms with Crippen LogP contribution >= 0.6 is 0 Å². The fraction of sp³-hybridized carbons (Fsp3) is 0.0526. The number of hydrogen-bond acceptors (Lipinski definition) is 7. The maximum absolute atomic E-state index is 13.4. The van der Waals surface area contributed by atoms with Crippen LogP contribution in [0, 0.1) is 5.82 Å². The summed E-state index contributed by atoms with van der Waals surface area (Å²) in [5, 5.41) is 1.48. The Morgan fingerprint density at radius 1 is 1.00 bits per heavy atom. The number of sulfone groups is 1. The normalized spacial score (nSPS) is 14.3. The molecule has 0 bridgehead atoms. The molecule has 0 spiro atoms. The van der Waals surface area contributed by atoms with Gasteiger partial charge < -0.3 is 5.43 Å². The molecule has 0 atom stereocenters. The van der Waals surface area contributed by atoms with Gasteiger partial charge in [0.25, 0.3) is 0 Å². The van der Waals surface area contributed by atoms with E-state index in [9.17, 15) is 12.8 Å². The minimum atomic E-state index is -3.58. The summed E-state index contributed by atoms with van der Waals surface area (Å²) >= 11 is 0. The number of hydrazine groups is 2. The van der Waals surface area contributed by atoms with Gasteiger partial charge in [-0.05, 0) is 42.5 Å². The van der Waals surface area contributed by atoms with E-state index in [-0.39, 0.29) is 11.0 Å². The van der Waals surface area contributed by atoms with Crippen LogP contribution in [-0.2, 0) is 9.84 Å². The fourth-order valence-corrected chi connectivity index (χ4v) is 3.35. The van der Waals surface area contributed by atoms with Crippen molar-refractivity contribution >= 4 is 26.9 Å². The van der Waals surface area contributed by atoms with Crippen molar-refractivity contribution in [2.45, 2.75) is 5.16 Å². The standard InChI is InChI=1S/C19H16FN5O2S/c1-28(26,27)19-21-12-11-16(22-19)18-17(13-7-9-14(20)10-8-13)23-24-25(18)15-5-3-2-4-6-15/h2-12,23-24H,1H3. The number of halogens is 1. The average Bonchev–Trinajstić information content (AvgIpc) is 3.14. The van der Waals surface area contributed by atoms with Crippen molar-refractivity contribution in [3.05, 3.63) is 83.9 Å². The zero-order valence-corrected chi connectivity index (χ0v) is 15.6. The van der Waals surface area contributed by atoms with Crippen LogP contribution in [0.5, 0.6) is 0 Å². The number of nitrogens with one attached hydrogen (secondary N) is 2. The van der Waals surface area contributed by atoms with Crippen LogP contribution in [0.2, 0.25) is 0 Å². The minimum Gasteiger partial charge on any atom is -0.301 e. The highest BCUT2D eigenvalue weighted by atomic mass is 32.2. The highest BCUT2D eigenvalue weighted by molar-refractivity contribution is 7.90. The summed E-state index contributed by atoms with van der Waals surface area (Å²) in [5.74, 6) is -0.349. The van der Waals surface area contributed by atoms with E-state index in [0.29, 0.717) is 22.7 Å². The maximum Gasteiger partial charge on any atom is 0.247 e. The van der Waals surface area contributed by atoms with Crippen LogP contribution < -0.4 is 16.0 Å². The lowest BCUT2D eigenvalue weighted by Crippen LogP contribution is -2.37. The molecule has 142 valence electrons. The van der Waals surface area contributed by atoms with Gasteiger partial charge in [0, 0.05) is 18.0 Å². The molecule has 1 aliphatic rings. The Hall–Kier alpha value is -3.30. The molecule has 9 heteroatoms. The molecular formula is C19H16FN5O2S. The molecule has 0 aliphatic carbocycles. The zero-order chi connectivity index (χ0) is 19.7. The van der Waals surface area contributed by atoms with Crippen LogP contribution in [0.3, 0.4) is 0 Å². The molecule has 2 N–H and O–H groups in total. The molecule has 28 heavy (non-hydrogen) atoms. The van der Waals surface area contributed by atoms with Crippen molar-refractivity contribution in [1.29, 1.82) is 0 Å². The molecule has 4 rings (SSSR count). The molecule has 1 aromatic heterocycles. The summed E-state index contributed by atoms with van der Waals surface area (Å²) < 4.78 is 37.2. The Balaban J connectivity index is 1.92. The Morgan fingerprint density at radius 3 is 2.39 bits per heavy atom. The van der Waals surface area contributed by atoms with E-state index in [2.05, 4.69) is 20.9 Å². The summed E-state index contributed by atoms with van der Waals surface area (Å²) in [4.78, 5) is 8.10. The van der Waals surface area contributed by atoms with E-state index in [1.807, 2.05) is 30.3 Å². The van der Waals surface area contributed by atoms with E-state index < -0.39 is 9.84 Å². The second-order valence-electron chi connectivity index (χ2n) is 6.13. The van der Waals surface area contributed by atoms with Gasteiger partial charge in [0.15, 0.2) is 0 Å². The molecule has 2 aromatic carbocycles. The molecule has 0 radical (unpaired) electrons. The second-order valence-corrected chi connectivity index (χ2v) is 8.04. The lowest BCUT2D eigenvalue weighted by atomic mass is 10.1. The van der Waals surface area contributed by atoms with Crippen molar-refractivity contribution in [1.82, 2.24) is 20.9 Å². The van der Waals surface area contributed by atoms with Crippen LogP contribution in [0.1, 0.15) is 11.3 Å². The summed E-state index contributed by atoms with van der Waals surface area (Å²) in [6.07, 6.45) is 2.46. The quantitative estimate of drug-likeness (QED) is 0.654. The number of aromatic nitrogens is 2. The molecular weight excluding hydrogens is 381 g/mol. The van der Waals surface area contributed by atoms with Crippen molar-refractivity contribution in [2.24, 2.45) is 0 Å². The minimum absolute atomic E-state index is 0.268. The van der Waals surface area contributed by atoms with E-state index in [1.54, 1.807) is 23.2 Å². The molecule has 7 nitrogen and oxygen atoms in total. The van der Waals surface area contributed by atoms with Crippen molar-refractivity contribution in [3.8, 4) is 0 Å². The number of nitrogens with zero attached hydrogens (tertiary/aromatic N) is 3. The van der Waals surface area contributed by atoms with Gasteiger partial charge in [-0.3, -0.25) is 5.01 Å². The predicted molar refractivity (Wildman–Crippen MR) is 104 cm³/mol. The van der Waals surface area contributed by atoms with Crippen molar-refractivity contribution in [3.63, 3.8) is 0 Å². The summed E-state index contributed by atoms with van der Waals surface area (Å²) in [6.45, 7) is 0. The third-order valence-electron chi connectivity index (χ3n) is 4.11. The van der Waals surface area contributed by atoms with Crippen LogP contribution in [0.4, 0.5) is 10.1 Å². The van der Waals surface area contributed by atoms with Gasteiger partial charge in [-0.1, -0.05) is 18.2 Å². The Kier molecular flexibility index (Phi) is 4.54. The lowest BCUT2D eigenvalue weighted by molar-refractivity contribution is 0.592. The van der Waals surface area contributed by atoms with Crippen LogP contribution in [-0.4, -0.2) is 24.6 Å². The van der Waals surface area contributed by atoms with Gasteiger partial charge in [-0.15, -0.1) is 5.53 Å². The van der Waals surface area contributed by atoms with Crippen LogP contribution in [0.25, 0.3) is 11.4 Å². The second kappa shape index (κ2) is 7.02. The average molecular weight is 397 g/mol. The first-order valence-electron chi connectivity index (χ1n) is 8.34. The van der Waals surface area contributed by atoms with Gasteiger partial charge in [-0.2, -0.15) is 0 Å². The Morgan fingerprint density at radius 2 is 1.71 bits per heavy atom. The van der Waals surface area contributed by atoms with E-state index in [1.165, 1.54) is 18.3 Å². The fourth-order valence-electron chi connectivity index (χ4n) is 2.83. The van der Waals surface area contributed by atoms with Crippen molar-refractivity contribution < 1.29 is 12.8 Å². The number of hydrogen-bond donors (Lipinski definition) is 2. The van der Waals surface area contributed by atoms with Gasteiger partial charge in [-0.25, -0.2) is 22.8 Å². The van der Waals surface area contributed by atoms with Gasteiger partial charge in [0.2, 0.25) is 15.0 Å². The first-order chi connectivity index (χ1) is 13.4. The van der Waals surface area contributed by atoms with Crippen molar-refractivity contribution in [2.75, 3.05) is 11.3 Å². The number of rotatable bonds is 4. The molecule has 3 aromatic rings. The molecule has 0 amide bonds. The van der Waals surface area contributed by atoms with E-state index >= 15 is 0 Å². The molecule has 0 saturated carbocycles. The summed E-state index contributed by atoms with van der Waals surface area (Å²) in [5.41, 5.74) is 9.25. The Labute approximate surface area is 161 Å². The maximum atomic E-state index is 13.4. The number of anilines is 1. The molecule has 0 unspecified atom stereocenters. The zero-order valence-electron chi connectivity index (χ0n) is 14.8. The number of para-hydroxylation sites is 1. The SMILES string of the molecule is CS(=O)(=O)c1nccc(C2=C(c3ccc(F)cc3)NNN2c2ccccc2)n1. The highest BCUT2D eigenvalue weighted by Crippen LogP contribution is 2.32. The predicted octanol–water partition coefficient (Wildman–Crippen LogP) is 2.37. The molecule has 0 fully saturated rings. The first-order valence-corrected chi connectivity index (χ1v) is 10.2. The Bertz CT molecular complexity index is 1150. The van der Waals surface area contributed by atoms with E-state index in [4.69, 9.17) is 0 Å². The molecule has 2 heterocycles. The first kappa shape index (κ1) is 18.1. The topological polar surface area (TPSA) is 87.2 Å². The summed E-state index contributed by atoms with van der Waals surface area (Å²) in [7, 11) is -3.58. The highest BCUT2D eigenvalue weighted by Gasteiger charge is 2.28. The smallest absolute Gasteiger partial charge is 0.247 e. The molecule has 1 aliphatic heterocycles.